The van der Waals surface area contributed by atoms with E-state index >= 15 is 0 Å². The molecular formula is C19H15F9N4O. The minimum absolute atomic E-state index is 0.0365. The molecule has 2 aromatic heterocycles. The van der Waals surface area contributed by atoms with Crippen LogP contribution < -0.4 is 4.90 Å². The van der Waals surface area contributed by atoms with Crippen LogP contribution in [-0.4, -0.2) is 14.8 Å². The van der Waals surface area contributed by atoms with Gasteiger partial charge in [-0.3, -0.25) is 4.68 Å². The van der Waals surface area contributed by atoms with Crippen molar-refractivity contribution in [2.45, 2.75) is 38.5 Å². The Morgan fingerprint density at radius 3 is 1.85 bits per heavy atom. The van der Waals surface area contributed by atoms with E-state index in [4.69, 9.17) is 4.42 Å². The number of alkyl halides is 9. The Morgan fingerprint density at radius 2 is 1.42 bits per heavy atom. The Bertz CT molecular complexity index is 1090. The molecule has 5 nitrogen and oxygen atoms in total. The largest absolute Gasteiger partial charge is 0.436 e. The molecular weight excluding hydrogens is 471 g/mol. The van der Waals surface area contributed by atoms with Crippen LogP contribution in [-0.2, 0) is 38.7 Å². The summed E-state index contributed by atoms with van der Waals surface area (Å²) in [6.07, 6.45) is -14.7. The lowest BCUT2D eigenvalue weighted by Gasteiger charge is -2.22. The summed E-state index contributed by atoms with van der Waals surface area (Å²) in [4.78, 5) is 4.30. The van der Waals surface area contributed by atoms with Gasteiger partial charge in [-0.25, -0.2) is 0 Å². The average Bonchev–Trinajstić information content (AvgIpc) is 3.26. The third kappa shape index (κ3) is 5.79. The molecule has 14 heteroatoms. The van der Waals surface area contributed by atoms with Crippen molar-refractivity contribution in [3.8, 4) is 0 Å². The second-order valence-corrected chi connectivity index (χ2v) is 7.18. The maximum Gasteiger partial charge on any atom is 0.436 e. The lowest BCUT2D eigenvalue weighted by Crippen LogP contribution is -2.25. The van der Waals surface area contributed by atoms with Crippen LogP contribution in [0, 0.1) is 6.92 Å². The summed E-state index contributed by atoms with van der Waals surface area (Å²) >= 11 is 0. The first-order valence-corrected chi connectivity index (χ1v) is 9.09. The second kappa shape index (κ2) is 8.30. The third-order valence-corrected chi connectivity index (χ3v) is 4.53. The van der Waals surface area contributed by atoms with Crippen molar-refractivity contribution in [3.05, 3.63) is 64.3 Å². The fourth-order valence-electron chi connectivity index (χ4n) is 3.07. The number of aromatic nitrogens is 3. The maximum absolute atomic E-state index is 13.2. The zero-order valence-corrected chi connectivity index (χ0v) is 16.9. The Labute approximate surface area is 180 Å². The van der Waals surface area contributed by atoms with Crippen LogP contribution in [0.15, 0.2) is 34.9 Å². The Hall–Kier alpha value is -3.19. The van der Waals surface area contributed by atoms with E-state index in [1.807, 2.05) is 0 Å². The molecule has 0 unspecified atom stereocenters. The molecule has 0 bridgehead atoms. The summed E-state index contributed by atoms with van der Waals surface area (Å²) in [6, 6.07) is 1.86. The number of hydrogen-bond acceptors (Lipinski definition) is 4. The minimum Gasteiger partial charge on any atom is -0.431 e. The first-order chi connectivity index (χ1) is 15.0. The number of halogens is 9. The van der Waals surface area contributed by atoms with Gasteiger partial charge in [-0.05, 0) is 36.8 Å². The normalized spacial score (nSPS) is 12.9. The van der Waals surface area contributed by atoms with Gasteiger partial charge in [0.2, 0.25) is 0 Å². The van der Waals surface area contributed by atoms with Crippen LogP contribution in [0.1, 0.15) is 33.8 Å². The van der Waals surface area contributed by atoms with Crippen LogP contribution in [0.25, 0.3) is 0 Å². The molecule has 0 aliphatic heterocycles. The Morgan fingerprint density at radius 1 is 0.848 bits per heavy atom. The van der Waals surface area contributed by atoms with E-state index in [-0.39, 0.29) is 12.6 Å². The lowest BCUT2D eigenvalue weighted by atomic mass is 10.0. The highest BCUT2D eigenvalue weighted by Gasteiger charge is 2.38. The molecule has 0 spiro atoms. The minimum atomic E-state index is -5.08. The topological polar surface area (TPSA) is 47.1 Å². The number of rotatable bonds is 5. The van der Waals surface area contributed by atoms with Gasteiger partial charge in [0.1, 0.15) is 6.26 Å². The Balaban J connectivity index is 2.06. The summed E-state index contributed by atoms with van der Waals surface area (Å²) < 4.78 is 124. The fourth-order valence-corrected chi connectivity index (χ4v) is 3.07. The van der Waals surface area contributed by atoms with Crippen molar-refractivity contribution < 1.29 is 43.9 Å². The van der Waals surface area contributed by atoms with Gasteiger partial charge >= 0.3 is 18.5 Å². The van der Waals surface area contributed by atoms with E-state index in [9.17, 15) is 39.5 Å². The number of benzene rings is 1. The Kier molecular flexibility index (Phi) is 6.15. The molecule has 180 valence electrons. The molecule has 0 radical (unpaired) electrons. The second-order valence-electron chi connectivity index (χ2n) is 7.18. The molecule has 2 heterocycles. The van der Waals surface area contributed by atoms with Gasteiger partial charge in [0.25, 0.3) is 6.01 Å². The molecule has 0 N–H and O–H groups in total. The molecule has 1 aromatic carbocycles. The highest BCUT2D eigenvalue weighted by Crippen LogP contribution is 2.37. The van der Waals surface area contributed by atoms with Crippen LogP contribution in [0.5, 0.6) is 0 Å². The van der Waals surface area contributed by atoms with Gasteiger partial charge in [0.15, 0.2) is 5.69 Å². The third-order valence-electron chi connectivity index (χ3n) is 4.53. The molecule has 0 fully saturated rings. The van der Waals surface area contributed by atoms with Crippen LogP contribution in [0.2, 0.25) is 0 Å². The summed E-state index contributed by atoms with van der Waals surface area (Å²) in [5, 5.41) is 4.06. The number of hydrogen-bond donors (Lipinski definition) is 0. The van der Waals surface area contributed by atoms with Gasteiger partial charge < -0.3 is 9.32 Å². The molecule has 0 atom stereocenters. The van der Waals surface area contributed by atoms with Gasteiger partial charge in [-0.2, -0.15) is 49.6 Å². The number of oxazole rings is 1. The van der Waals surface area contributed by atoms with E-state index in [1.54, 1.807) is 13.0 Å². The monoisotopic (exact) mass is 486 g/mol. The first-order valence-electron chi connectivity index (χ1n) is 9.09. The molecule has 3 rings (SSSR count). The lowest BCUT2D eigenvalue weighted by molar-refractivity contribution is -0.143. The predicted molar refractivity (Wildman–Crippen MR) is 95.8 cm³/mol. The zero-order valence-electron chi connectivity index (χ0n) is 16.9. The van der Waals surface area contributed by atoms with E-state index in [1.165, 1.54) is 11.7 Å². The van der Waals surface area contributed by atoms with E-state index in [0.29, 0.717) is 29.8 Å². The quantitative estimate of drug-likeness (QED) is 0.417. The van der Waals surface area contributed by atoms with Gasteiger partial charge in [-0.15, -0.1) is 0 Å². The SMILES string of the molecule is Cc1cc(CN(Cc2cc(C(F)(F)F)cc(C(F)(F)F)c2)c2nc(C(F)(F)F)co2)n(C)n1. The molecule has 0 amide bonds. The first kappa shape index (κ1) is 24.5. The zero-order chi connectivity index (χ0) is 24.8. The summed E-state index contributed by atoms with van der Waals surface area (Å²) in [5.74, 6) is 0. The summed E-state index contributed by atoms with van der Waals surface area (Å²) in [6.45, 7) is 0.713. The summed E-state index contributed by atoms with van der Waals surface area (Å²) in [7, 11) is 1.52. The highest BCUT2D eigenvalue weighted by atomic mass is 19.4. The molecule has 3 aromatic rings. The van der Waals surface area contributed by atoms with Gasteiger partial charge in [-0.1, -0.05) is 0 Å². The van der Waals surface area contributed by atoms with Crippen molar-refractivity contribution in [2.75, 3.05) is 4.90 Å². The molecule has 0 saturated heterocycles. The van der Waals surface area contributed by atoms with Gasteiger partial charge in [0.05, 0.1) is 29.1 Å². The van der Waals surface area contributed by atoms with Crippen molar-refractivity contribution in [1.29, 1.82) is 0 Å². The molecule has 33 heavy (non-hydrogen) atoms. The highest BCUT2D eigenvalue weighted by molar-refractivity contribution is 5.38. The standard InChI is InChI=1S/C19H15F9N4O/c1-10-3-14(31(2)30-10)8-32(16-29-15(9-33-16)19(26,27)28)7-11-4-12(17(20,21)22)6-13(5-11)18(23,24)25/h3-6,9H,7-8H2,1-2H3. The molecule has 0 aliphatic carbocycles. The average molecular weight is 486 g/mol. The summed E-state index contributed by atoms with van der Waals surface area (Å²) in [5.41, 5.74) is -4.01. The van der Waals surface area contributed by atoms with E-state index in [2.05, 4.69) is 10.1 Å². The van der Waals surface area contributed by atoms with Crippen LogP contribution in [0.3, 0.4) is 0 Å². The number of nitrogens with zero attached hydrogens (tertiary/aromatic N) is 4. The van der Waals surface area contributed by atoms with Crippen molar-refractivity contribution >= 4 is 6.01 Å². The van der Waals surface area contributed by atoms with E-state index < -0.39 is 53.5 Å². The van der Waals surface area contributed by atoms with Crippen LogP contribution in [0.4, 0.5) is 45.5 Å². The van der Waals surface area contributed by atoms with Crippen molar-refractivity contribution in [3.63, 3.8) is 0 Å². The number of aryl methyl sites for hydroxylation is 2. The maximum atomic E-state index is 13.2. The van der Waals surface area contributed by atoms with Crippen molar-refractivity contribution in [1.82, 2.24) is 14.8 Å². The smallest absolute Gasteiger partial charge is 0.431 e. The van der Waals surface area contributed by atoms with Crippen molar-refractivity contribution in [2.24, 2.45) is 7.05 Å². The number of anilines is 1. The van der Waals surface area contributed by atoms with Crippen LogP contribution >= 0.6 is 0 Å². The van der Waals surface area contributed by atoms with E-state index in [0.717, 1.165) is 4.90 Å². The fraction of sp³-hybridized carbons (Fsp3) is 0.368. The molecule has 0 aliphatic rings. The molecule has 0 saturated carbocycles. The predicted octanol–water partition coefficient (Wildman–Crippen LogP) is 5.98. The van der Waals surface area contributed by atoms with Gasteiger partial charge in [0, 0.05) is 13.6 Å².